The second-order valence-electron chi connectivity index (χ2n) is 3.92. The number of nitrogens with zero attached hydrogens (tertiary/aromatic N) is 4. The molecule has 0 bridgehead atoms. The first-order valence-electron chi connectivity index (χ1n) is 5.25. The summed E-state index contributed by atoms with van der Waals surface area (Å²) in [6.45, 7) is 3.58. The third-order valence-electron chi connectivity index (χ3n) is 2.69. The molecule has 2 heterocycles. The van der Waals surface area contributed by atoms with Crippen molar-refractivity contribution in [2.75, 3.05) is 6.61 Å². The largest absolute Gasteiger partial charge is 0.394 e. The van der Waals surface area contributed by atoms with E-state index in [0.29, 0.717) is 11.7 Å². The minimum Gasteiger partial charge on any atom is -0.394 e. The number of aliphatic hydroxyl groups is 1. The van der Waals surface area contributed by atoms with E-state index in [9.17, 15) is 0 Å². The van der Waals surface area contributed by atoms with Crippen molar-refractivity contribution >= 4 is 0 Å². The third-order valence-corrected chi connectivity index (χ3v) is 2.69. The van der Waals surface area contributed by atoms with E-state index in [1.54, 1.807) is 4.68 Å². The normalized spacial score (nSPS) is 13.0. The van der Waals surface area contributed by atoms with Gasteiger partial charge in [0.1, 0.15) is 0 Å². The SMILES string of the molecule is Cc1nn(C)c(C)c1-c1nc(C(N)CO)no1. The second kappa shape index (κ2) is 4.27. The molecule has 2 aromatic rings. The van der Waals surface area contributed by atoms with Crippen LogP contribution < -0.4 is 5.73 Å². The molecule has 0 spiro atoms. The zero-order valence-electron chi connectivity index (χ0n) is 10.0. The fourth-order valence-electron chi connectivity index (χ4n) is 1.65. The van der Waals surface area contributed by atoms with E-state index in [0.717, 1.165) is 17.0 Å². The van der Waals surface area contributed by atoms with Gasteiger partial charge in [-0.05, 0) is 13.8 Å². The van der Waals surface area contributed by atoms with Crippen LogP contribution in [0.3, 0.4) is 0 Å². The van der Waals surface area contributed by atoms with E-state index in [2.05, 4.69) is 15.2 Å². The summed E-state index contributed by atoms with van der Waals surface area (Å²) in [6.07, 6.45) is 0. The zero-order chi connectivity index (χ0) is 12.6. The van der Waals surface area contributed by atoms with Crippen LogP contribution in [0.1, 0.15) is 23.3 Å². The fraction of sp³-hybridized carbons (Fsp3) is 0.500. The van der Waals surface area contributed by atoms with Gasteiger partial charge in [0.05, 0.1) is 23.9 Å². The maximum atomic E-state index is 8.92. The smallest absolute Gasteiger partial charge is 0.261 e. The molecule has 0 amide bonds. The van der Waals surface area contributed by atoms with Crippen LogP contribution in [0.25, 0.3) is 11.5 Å². The van der Waals surface area contributed by atoms with E-state index in [1.807, 2.05) is 20.9 Å². The summed E-state index contributed by atoms with van der Waals surface area (Å²) in [7, 11) is 1.85. The van der Waals surface area contributed by atoms with Crippen LogP contribution >= 0.6 is 0 Å². The number of rotatable bonds is 3. The maximum absolute atomic E-state index is 8.92. The highest BCUT2D eigenvalue weighted by molar-refractivity contribution is 5.59. The Hall–Kier alpha value is -1.73. The molecule has 0 saturated carbocycles. The summed E-state index contributed by atoms with van der Waals surface area (Å²) in [5, 5.41) is 16.9. The first-order valence-corrected chi connectivity index (χ1v) is 5.25. The molecule has 0 radical (unpaired) electrons. The number of nitrogens with two attached hydrogens (primary N) is 1. The Morgan fingerprint density at radius 2 is 2.18 bits per heavy atom. The molecular formula is C10H15N5O2. The average Bonchev–Trinajstić information content (AvgIpc) is 2.85. The van der Waals surface area contributed by atoms with Crippen molar-refractivity contribution < 1.29 is 9.63 Å². The molecule has 0 aliphatic carbocycles. The van der Waals surface area contributed by atoms with Gasteiger partial charge in [0.15, 0.2) is 5.82 Å². The fourth-order valence-corrected chi connectivity index (χ4v) is 1.65. The zero-order valence-corrected chi connectivity index (χ0v) is 10.0. The molecular weight excluding hydrogens is 222 g/mol. The molecule has 1 atom stereocenters. The van der Waals surface area contributed by atoms with Crippen LogP contribution in [0.2, 0.25) is 0 Å². The molecule has 2 aromatic heterocycles. The number of hydrogen-bond acceptors (Lipinski definition) is 6. The Balaban J connectivity index is 2.43. The molecule has 92 valence electrons. The first kappa shape index (κ1) is 11.7. The number of aromatic nitrogens is 4. The predicted molar refractivity (Wildman–Crippen MR) is 60.0 cm³/mol. The summed E-state index contributed by atoms with van der Waals surface area (Å²) < 4.78 is 6.89. The van der Waals surface area contributed by atoms with Crippen LogP contribution in [-0.2, 0) is 7.05 Å². The van der Waals surface area contributed by atoms with Gasteiger partial charge in [-0.2, -0.15) is 10.1 Å². The summed E-state index contributed by atoms with van der Waals surface area (Å²) in [5.74, 6) is 0.678. The van der Waals surface area contributed by atoms with Gasteiger partial charge in [0.2, 0.25) is 0 Å². The lowest BCUT2D eigenvalue weighted by molar-refractivity contribution is 0.260. The molecule has 7 nitrogen and oxygen atoms in total. The van der Waals surface area contributed by atoms with Crippen LogP contribution in [0.5, 0.6) is 0 Å². The van der Waals surface area contributed by atoms with E-state index in [1.165, 1.54) is 0 Å². The van der Waals surface area contributed by atoms with Crippen molar-refractivity contribution in [3.63, 3.8) is 0 Å². The van der Waals surface area contributed by atoms with E-state index in [-0.39, 0.29) is 6.61 Å². The van der Waals surface area contributed by atoms with Crippen molar-refractivity contribution in [3.8, 4) is 11.5 Å². The highest BCUT2D eigenvalue weighted by Crippen LogP contribution is 2.25. The minimum atomic E-state index is -0.621. The molecule has 1 unspecified atom stereocenters. The standard InChI is InChI=1S/C10H15N5O2/c1-5-8(6(2)15(3)13-5)10-12-9(14-17-10)7(11)4-16/h7,16H,4,11H2,1-3H3. The molecule has 2 rings (SSSR count). The highest BCUT2D eigenvalue weighted by Gasteiger charge is 2.20. The van der Waals surface area contributed by atoms with Crippen molar-refractivity contribution in [1.29, 1.82) is 0 Å². The van der Waals surface area contributed by atoms with Crippen LogP contribution in [-0.4, -0.2) is 31.6 Å². The Morgan fingerprint density at radius 1 is 1.47 bits per heavy atom. The molecule has 17 heavy (non-hydrogen) atoms. The lowest BCUT2D eigenvalue weighted by atomic mass is 10.2. The quantitative estimate of drug-likeness (QED) is 0.783. The van der Waals surface area contributed by atoms with Crippen LogP contribution in [0, 0.1) is 13.8 Å². The summed E-state index contributed by atoms with van der Waals surface area (Å²) >= 11 is 0. The van der Waals surface area contributed by atoms with Crippen LogP contribution in [0.4, 0.5) is 0 Å². The molecule has 7 heteroatoms. The molecule has 0 aliphatic rings. The van der Waals surface area contributed by atoms with E-state index in [4.69, 9.17) is 15.4 Å². The monoisotopic (exact) mass is 237 g/mol. The van der Waals surface area contributed by atoms with E-state index >= 15 is 0 Å². The Bertz CT molecular complexity index is 531. The van der Waals surface area contributed by atoms with Crippen molar-refractivity contribution in [2.45, 2.75) is 19.9 Å². The minimum absolute atomic E-state index is 0.218. The third kappa shape index (κ3) is 1.94. The molecule has 3 N–H and O–H groups in total. The lowest BCUT2D eigenvalue weighted by Gasteiger charge is -1.98. The molecule has 0 aliphatic heterocycles. The van der Waals surface area contributed by atoms with Gasteiger partial charge in [-0.3, -0.25) is 4.68 Å². The van der Waals surface area contributed by atoms with Crippen molar-refractivity contribution in [2.24, 2.45) is 12.8 Å². The van der Waals surface area contributed by atoms with Gasteiger partial charge >= 0.3 is 0 Å². The van der Waals surface area contributed by atoms with Crippen LogP contribution in [0.15, 0.2) is 4.52 Å². The summed E-state index contributed by atoms with van der Waals surface area (Å²) in [5.41, 5.74) is 8.18. The molecule has 0 fully saturated rings. The molecule has 0 saturated heterocycles. The number of aryl methyl sites for hydroxylation is 2. The second-order valence-corrected chi connectivity index (χ2v) is 3.92. The van der Waals surface area contributed by atoms with Gasteiger partial charge in [-0.25, -0.2) is 0 Å². The summed E-state index contributed by atoms with van der Waals surface area (Å²) in [6, 6.07) is -0.621. The van der Waals surface area contributed by atoms with Gasteiger partial charge in [-0.1, -0.05) is 5.16 Å². The lowest BCUT2D eigenvalue weighted by Crippen LogP contribution is -2.15. The number of hydrogen-bond donors (Lipinski definition) is 2. The Morgan fingerprint density at radius 3 is 2.71 bits per heavy atom. The van der Waals surface area contributed by atoms with Crippen molar-refractivity contribution in [3.05, 3.63) is 17.2 Å². The first-order chi connectivity index (χ1) is 8.04. The summed E-state index contributed by atoms with van der Waals surface area (Å²) in [4.78, 5) is 4.17. The Labute approximate surface area is 98.2 Å². The predicted octanol–water partition coefficient (Wildman–Crippen LogP) is 0.0790. The van der Waals surface area contributed by atoms with Gasteiger partial charge < -0.3 is 15.4 Å². The molecule has 0 aromatic carbocycles. The maximum Gasteiger partial charge on any atom is 0.261 e. The van der Waals surface area contributed by atoms with Gasteiger partial charge in [0.25, 0.3) is 5.89 Å². The van der Waals surface area contributed by atoms with Gasteiger partial charge in [0, 0.05) is 12.7 Å². The highest BCUT2D eigenvalue weighted by atomic mass is 16.5. The Kier molecular flexibility index (Phi) is 2.95. The number of aliphatic hydroxyl groups excluding tert-OH is 1. The van der Waals surface area contributed by atoms with E-state index < -0.39 is 6.04 Å². The average molecular weight is 237 g/mol. The topological polar surface area (TPSA) is 103 Å². The van der Waals surface area contributed by atoms with Crippen molar-refractivity contribution in [1.82, 2.24) is 19.9 Å². The van der Waals surface area contributed by atoms with Gasteiger partial charge in [-0.15, -0.1) is 0 Å².